The second kappa shape index (κ2) is 13.0. The number of ether oxygens (including phenoxy) is 2. The van der Waals surface area contributed by atoms with Crippen molar-refractivity contribution in [3.8, 4) is 39.8 Å². The molecule has 5 heterocycles. The minimum atomic E-state index is -0.218. The zero-order valence-corrected chi connectivity index (χ0v) is 24.5. The van der Waals surface area contributed by atoms with Crippen molar-refractivity contribution < 1.29 is 14.3 Å². The SMILES string of the molecule is O=COCOc1nccc2nc(-c3ccc(CN4CCC(c5n[nH]c(-c6ccccn6)n5)CC4)cc3)c(-c3ccccc3)cc12. The molecular formula is C35H31N7O3. The van der Waals surface area contributed by atoms with E-state index >= 15 is 0 Å². The first-order valence-electron chi connectivity index (χ1n) is 14.9. The van der Waals surface area contributed by atoms with Crippen LogP contribution in [-0.4, -0.2) is 61.4 Å². The highest BCUT2D eigenvalue weighted by molar-refractivity contribution is 5.93. The number of hydrogen-bond acceptors (Lipinski definition) is 9. The van der Waals surface area contributed by atoms with Gasteiger partial charge in [0, 0.05) is 36.0 Å². The molecule has 224 valence electrons. The second-order valence-electron chi connectivity index (χ2n) is 11.0. The van der Waals surface area contributed by atoms with Crippen molar-refractivity contribution in [1.29, 1.82) is 0 Å². The van der Waals surface area contributed by atoms with E-state index in [2.05, 4.69) is 61.5 Å². The third kappa shape index (κ3) is 6.27. The van der Waals surface area contributed by atoms with Crippen LogP contribution in [0.25, 0.3) is 44.8 Å². The van der Waals surface area contributed by atoms with Crippen LogP contribution >= 0.6 is 0 Å². The molecule has 0 spiro atoms. The maximum absolute atomic E-state index is 10.6. The molecule has 7 rings (SSSR count). The Balaban J connectivity index is 1.07. The molecular weight excluding hydrogens is 566 g/mol. The first kappa shape index (κ1) is 28.3. The summed E-state index contributed by atoms with van der Waals surface area (Å²) in [6.45, 7) is 2.98. The number of hydrogen-bond donors (Lipinski definition) is 1. The standard InChI is InChI=1S/C35H31N7O3/c43-22-44-23-45-35-29-20-28(25-6-2-1-3-7-25)32(38-30(29)13-17-37-35)26-11-9-24(10-12-26)21-42-18-14-27(15-19-42)33-39-34(41-40-33)31-8-4-5-16-36-31/h1-13,16-17,20,22,27H,14-15,18-19,21,23H2,(H,39,40,41). The number of benzene rings is 2. The number of fused-ring (bicyclic) bond motifs is 1. The highest BCUT2D eigenvalue weighted by atomic mass is 16.7. The molecule has 0 amide bonds. The van der Waals surface area contributed by atoms with E-state index in [9.17, 15) is 4.79 Å². The minimum absolute atomic E-state index is 0.218. The molecule has 0 unspecified atom stereocenters. The van der Waals surface area contributed by atoms with E-state index in [-0.39, 0.29) is 6.79 Å². The summed E-state index contributed by atoms with van der Waals surface area (Å²) in [6.07, 6.45) is 5.44. The summed E-state index contributed by atoms with van der Waals surface area (Å²) < 4.78 is 10.3. The Morgan fingerprint density at radius 3 is 2.47 bits per heavy atom. The quantitative estimate of drug-likeness (QED) is 0.115. The van der Waals surface area contributed by atoms with E-state index in [0.29, 0.717) is 18.3 Å². The number of aromatic nitrogens is 6. The highest BCUT2D eigenvalue weighted by Crippen LogP contribution is 2.36. The van der Waals surface area contributed by atoms with Crippen LogP contribution in [0.4, 0.5) is 0 Å². The van der Waals surface area contributed by atoms with Gasteiger partial charge in [-0.15, -0.1) is 0 Å². The molecule has 0 radical (unpaired) electrons. The van der Waals surface area contributed by atoms with Crippen molar-refractivity contribution in [2.24, 2.45) is 0 Å². The van der Waals surface area contributed by atoms with Crippen LogP contribution in [0.5, 0.6) is 5.88 Å². The Hall–Kier alpha value is -5.48. The van der Waals surface area contributed by atoms with Crippen LogP contribution in [0, 0.1) is 0 Å². The maximum atomic E-state index is 10.6. The van der Waals surface area contributed by atoms with Gasteiger partial charge in [0.2, 0.25) is 12.7 Å². The lowest BCUT2D eigenvalue weighted by atomic mass is 9.95. The summed E-state index contributed by atoms with van der Waals surface area (Å²) >= 11 is 0. The van der Waals surface area contributed by atoms with E-state index in [4.69, 9.17) is 19.4 Å². The maximum Gasteiger partial charge on any atom is 0.295 e. The van der Waals surface area contributed by atoms with Gasteiger partial charge < -0.3 is 9.47 Å². The van der Waals surface area contributed by atoms with Gasteiger partial charge >= 0.3 is 0 Å². The van der Waals surface area contributed by atoms with E-state index in [0.717, 1.165) is 83.1 Å². The number of carbonyl (C=O) groups is 1. The number of nitrogens with zero attached hydrogens (tertiary/aromatic N) is 6. The summed E-state index contributed by atoms with van der Waals surface area (Å²) in [7, 11) is 0. The molecule has 6 aromatic rings. The van der Waals surface area contributed by atoms with Crippen LogP contribution in [0.2, 0.25) is 0 Å². The molecule has 1 saturated heterocycles. The first-order chi connectivity index (χ1) is 22.2. The van der Waals surface area contributed by atoms with E-state index in [1.165, 1.54) is 5.56 Å². The number of nitrogens with one attached hydrogen (secondary N) is 1. The van der Waals surface area contributed by atoms with E-state index in [1.54, 1.807) is 12.4 Å². The lowest BCUT2D eigenvalue weighted by Crippen LogP contribution is -2.32. The zero-order chi connectivity index (χ0) is 30.4. The van der Waals surface area contributed by atoms with Crippen molar-refractivity contribution >= 4 is 17.4 Å². The molecule has 0 bridgehead atoms. The van der Waals surface area contributed by atoms with Crippen molar-refractivity contribution in [1.82, 2.24) is 35.0 Å². The topological polar surface area (TPSA) is 119 Å². The van der Waals surface area contributed by atoms with Gasteiger partial charge in [0.25, 0.3) is 6.47 Å². The van der Waals surface area contributed by atoms with E-state index < -0.39 is 0 Å². The summed E-state index contributed by atoms with van der Waals surface area (Å²) in [5.74, 6) is 2.30. The predicted octanol–water partition coefficient (Wildman–Crippen LogP) is 6.03. The Labute approximate surface area is 260 Å². The Morgan fingerprint density at radius 2 is 1.69 bits per heavy atom. The normalized spacial score (nSPS) is 14.0. The molecule has 1 N–H and O–H groups in total. The van der Waals surface area contributed by atoms with Crippen LogP contribution < -0.4 is 4.74 Å². The summed E-state index contributed by atoms with van der Waals surface area (Å²) in [5, 5.41) is 8.30. The Bertz CT molecular complexity index is 1890. The van der Waals surface area contributed by atoms with Gasteiger partial charge in [-0.3, -0.25) is 19.8 Å². The van der Waals surface area contributed by atoms with Crippen molar-refractivity contribution in [3.05, 3.63) is 109 Å². The molecule has 1 fully saturated rings. The Morgan fingerprint density at radius 1 is 0.867 bits per heavy atom. The molecule has 0 saturated carbocycles. The lowest BCUT2D eigenvalue weighted by Gasteiger charge is -2.30. The number of likely N-dealkylation sites (tertiary alicyclic amines) is 1. The molecule has 1 aliphatic heterocycles. The van der Waals surface area contributed by atoms with Crippen LogP contribution in [-0.2, 0) is 16.1 Å². The van der Waals surface area contributed by atoms with Gasteiger partial charge in [0.1, 0.15) is 5.69 Å². The number of pyridine rings is 3. The second-order valence-corrected chi connectivity index (χ2v) is 11.0. The van der Waals surface area contributed by atoms with Crippen LogP contribution in [0.1, 0.15) is 30.1 Å². The minimum Gasteiger partial charge on any atom is -0.440 e. The Kier molecular flexibility index (Phi) is 8.19. The fourth-order valence-corrected chi connectivity index (χ4v) is 5.81. The highest BCUT2D eigenvalue weighted by Gasteiger charge is 2.24. The molecule has 2 aromatic carbocycles. The molecule has 1 aliphatic rings. The third-order valence-electron chi connectivity index (χ3n) is 8.12. The number of aromatic amines is 1. The number of piperidine rings is 1. The van der Waals surface area contributed by atoms with Crippen LogP contribution in [0.15, 0.2) is 97.3 Å². The number of H-pyrrole nitrogens is 1. The summed E-state index contributed by atoms with van der Waals surface area (Å²) in [6, 6.07) is 28.5. The fourth-order valence-electron chi connectivity index (χ4n) is 5.81. The molecule has 4 aromatic heterocycles. The number of carbonyl (C=O) groups excluding carboxylic acids is 1. The van der Waals surface area contributed by atoms with Gasteiger partial charge in [0.15, 0.2) is 11.6 Å². The van der Waals surface area contributed by atoms with Crippen molar-refractivity contribution in [2.75, 3.05) is 19.9 Å². The third-order valence-corrected chi connectivity index (χ3v) is 8.12. The first-order valence-corrected chi connectivity index (χ1v) is 14.9. The predicted molar refractivity (Wildman–Crippen MR) is 170 cm³/mol. The molecule has 0 aliphatic carbocycles. The monoisotopic (exact) mass is 597 g/mol. The summed E-state index contributed by atoms with van der Waals surface area (Å²) in [4.78, 5) is 31.6. The van der Waals surface area contributed by atoms with Gasteiger partial charge in [-0.05, 0) is 61.3 Å². The average Bonchev–Trinajstić information content (AvgIpc) is 3.60. The van der Waals surface area contributed by atoms with Gasteiger partial charge in [-0.25, -0.2) is 15.0 Å². The van der Waals surface area contributed by atoms with Crippen molar-refractivity contribution in [3.63, 3.8) is 0 Å². The smallest absolute Gasteiger partial charge is 0.295 e. The molecule has 10 heteroatoms. The average molecular weight is 598 g/mol. The fraction of sp³-hybridized carbons (Fsp3) is 0.200. The van der Waals surface area contributed by atoms with Gasteiger partial charge in [-0.1, -0.05) is 60.7 Å². The largest absolute Gasteiger partial charge is 0.440 e. The number of rotatable bonds is 10. The van der Waals surface area contributed by atoms with Gasteiger partial charge in [-0.2, -0.15) is 5.10 Å². The van der Waals surface area contributed by atoms with Crippen LogP contribution in [0.3, 0.4) is 0 Å². The zero-order valence-electron chi connectivity index (χ0n) is 24.5. The molecule has 10 nitrogen and oxygen atoms in total. The molecule has 0 atom stereocenters. The van der Waals surface area contributed by atoms with Crippen molar-refractivity contribution in [2.45, 2.75) is 25.3 Å². The molecule has 45 heavy (non-hydrogen) atoms. The summed E-state index contributed by atoms with van der Waals surface area (Å²) in [5.41, 5.74) is 6.70. The van der Waals surface area contributed by atoms with E-state index in [1.807, 2.05) is 48.5 Å². The lowest BCUT2D eigenvalue weighted by molar-refractivity contribution is -0.134. The van der Waals surface area contributed by atoms with Gasteiger partial charge in [0.05, 0.1) is 16.6 Å².